The fraction of sp³-hybridized carbons (Fsp3) is 0.0870. The fourth-order valence-corrected chi connectivity index (χ4v) is 3.33. The maximum Gasteiger partial charge on any atom is 0.417 e. The van der Waals surface area contributed by atoms with Gasteiger partial charge in [-0.3, -0.25) is 4.79 Å². The standard InChI is InChI=1S/C23H16F3N3O4/c1-32-18-11-12(21-28-16-8-4-6-14(20(27)30)19(16)29-21)9-10-17(18)33-22(31)13-5-2-3-7-15(13)23(24,25)26/h2-11H,1H3,(H2,27,30)(H,28,29). The number of nitrogens with zero attached hydrogens (tertiary/aromatic N) is 1. The van der Waals surface area contributed by atoms with Crippen molar-refractivity contribution in [2.24, 2.45) is 5.73 Å². The Balaban J connectivity index is 1.68. The third-order valence-electron chi connectivity index (χ3n) is 4.87. The summed E-state index contributed by atoms with van der Waals surface area (Å²) >= 11 is 0. The lowest BCUT2D eigenvalue weighted by atomic mass is 10.1. The van der Waals surface area contributed by atoms with Crippen molar-refractivity contribution in [2.45, 2.75) is 6.18 Å². The number of nitrogens with two attached hydrogens (primary N) is 1. The molecule has 3 aromatic carbocycles. The van der Waals surface area contributed by atoms with E-state index in [4.69, 9.17) is 15.2 Å². The number of imidazole rings is 1. The number of rotatable bonds is 5. The Morgan fingerprint density at radius 1 is 0.970 bits per heavy atom. The highest BCUT2D eigenvalue weighted by Crippen LogP contribution is 2.35. The van der Waals surface area contributed by atoms with Gasteiger partial charge in [0.2, 0.25) is 0 Å². The van der Waals surface area contributed by atoms with E-state index < -0.39 is 29.2 Å². The second-order valence-corrected chi connectivity index (χ2v) is 6.95. The van der Waals surface area contributed by atoms with Crippen LogP contribution in [0.1, 0.15) is 26.3 Å². The Kier molecular flexibility index (Phi) is 5.50. The predicted molar refractivity (Wildman–Crippen MR) is 113 cm³/mol. The molecule has 4 rings (SSSR count). The van der Waals surface area contributed by atoms with E-state index in [0.29, 0.717) is 22.4 Å². The summed E-state index contributed by atoms with van der Waals surface area (Å²) in [7, 11) is 1.32. The summed E-state index contributed by atoms with van der Waals surface area (Å²) in [4.78, 5) is 31.6. The van der Waals surface area contributed by atoms with Crippen LogP contribution in [0, 0.1) is 0 Å². The number of fused-ring (bicyclic) bond motifs is 1. The number of H-pyrrole nitrogens is 1. The first-order valence-electron chi connectivity index (χ1n) is 9.54. The highest BCUT2D eigenvalue weighted by Gasteiger charge is 2.35. The van der Waals surface area contributed by atoms with E-state index in [1.807, 2.05) is 0 Å². The average molecular weight is 455 g/mol. The van der Waals surface area contributed by atoms with Gasteiger partial charge in [-0.1, -0.05) is 18.2 Å². The van der Waals surface area contributed by atoms with Crippen LogP contribution < -0.4 is 15.2 Å². The van der Waals surface area contributed by atoms with Gasteiger partial charge >= 0.3 is 12.1 Å². The quantitative estimate of drug-likeness (QED) is 0.339. The summed E-state index contributed by atoms with van der Waals surface area (Å²) in [6, 6.07) is 13.7. The average Bonchev–Trinajstić information content (AvgIpc) is 3.23. The minimum absolute atomic E-state index is 0.0721. The third kappa shape index (κ3) is 4.22. The number of amides is 1. The molecular formula is C23H16F3N3O4. The first kappa shape index (κ1) is 21.9. The van der Waals surface area contributed by atoms with Gasteiger partial charge in [-0.05, 0) is 42.5 Å². The van der Waals surface area contributed by atoms with Crippen molar-refractivity contribution in [3.05, 3.63) is 77.4 Å². The van der Waals surface area contributed by atoms with Crippen molar-refractivity contribution in [1.29, 1.82) is 0 Å². The van der Waals surface area contributed by atoms with Crippen LogP contribution in [0.5, 0.6) is 11.5 Å². The molecule has 168 valence electrons. The summed E-state index contributed by atoms with van der Waals surface area (Å²) in [6.07, 6.45) is -4.71. The van der Waals surface area contributed by atoms with Crippen molar-refractivity contribution in [3.63, 3.8) is 0 Å². The molecule has 4 aromatic rings. The largest absolute Gasteiger partial charge is 0.493 e. The van der Waals surface area contributed by atoms with E-state index in [0.717, 1.165) is 12.1 Å². The second-order valence-electron chi connectivity index (χ2n) is 6.95. The number of benzene rings is 3. The van der Waals surface area contributed by atoms with E-state index in [9.17, 15) is 22.8 Å². The van der Waals surface area contributed by atoms with Crippen LogP contribution in [0.15, 0.2) is 60.7 Å². The predicted octanol–water partition coefficient (Wildman–Crippen LogP) is 4.58. The van der Waals surface area contributed by atoms with E-state index in [2.05, 4.69) is 9.97 Å². The van der Waals surface area contributed by atoms with Crippen LogP contribution in [-0.2, 0) is 6.18 Å². The molecule has 0 saturated carbocycles. The molecule has 33 heavy (non-hydrogen) atoms. The van der Waals surface area contributed by atoms with E-state index in [1.54, 1.807) is 24.3 Å². The minimum atomic E-state index is -4.71. The number of nitrogens with one attached hydrogen (secondary N) is 1. The number of hydrogen-bond acceptors (Lipinski definition) is 5. The van der Waals surface area contributed by atoms with Gasteiger partial charge in [-0.2, -0.15) is 13.2 Å². The number of aromatic amines is 1. The SMILES string of the molecule is COc1cc(-c2nc3c(C(N)=O)cccc3[nH]2)ccc1OC(=O)c1ccccc1C(F)(F)F. The molecule has 0 spiro atoms. The zero-order valence-electron chi connectivity index (χ0n) is 17.1. The summed E-state index contributed by atoms with van der Waals surface area (Å²) in [5.74, 6) is -1.39. The molecule has 1 amide bonds. The van der Waals surface area contributed by atoms with Crippen molar-refractivity contribution in [1.82, 2.24) is 9.97 Å². The lowest BCUT2D eigenvalue weighted by Gasteiger charge is -2.13. The Morgan fingerprint density at radius 2 is 1.70 bits per heavy atom. The van der Waals surface area contributed by atoms with Gasteiger partial charge in [0.15, 0.2) is 11.5 Å². The van der Waals surface area contributed by atoms with Gasteiger partial charge in [0.05, 0.1) is 29.3 Å². The number of ether oxygens (including phenoxy) is 2. The number of carbonyl (C=O) groups excluding carboxylic acids is 2. The molecule has 7 nitrogen and oxygen atoms in total. The zero-order chi connectivity index (χ0) is 23.8. The number of para-hydroxylation sites is 1. The highest BCUT2D eigenvalue weighted by molar-refractivity contribution is 6.04. The maximum atomic E-state index is 13.2. The number of alkyl halides is 3. The van der Waals surface area contributed by atoms with Gasteiger partial charge < -0.3 is 20.2 Å². The number of halogens is 3. The molecule has 1 heterocycles. The van der Waals surface area contributed by atoms with E-state index >= 15 is 0 Å². The van der Waals surface area contributed by atoms with Gasteiger partial charge in [-0.25, -0.2) is 9.78 Å². The summed E-state index contributed by atoms with van der Waals surface area (Å²) in [5.41, 5.74) is 5.41. The molecule has 0 unspecified atom stereocenters. The molecule has 0 bridgehead atoms. The van der Waals surface area contributed by atoms with Gasteiger partial charge in [0.1, 0.15) is 11.3 Å². The lowest BCUT2D eigenvalue weighted by molar-refractivity contribution is -0.138. The number of methoxy groups -OCH3 is 1. The van der Waals surface area contributed by atoms with Crippen LogP contribution in [0.2, 0.25) is 0 Å². The molecule has 0 atom stereocenters. The smallest absolute Gasteiger partial charge is 0.417 e. The van der Waals surface area contributed by atoms with Crippen LogP contribution in [0.25, 0.3) is 22.4 Å². The van der Waals surface area contributed by atoms with Crippen LogP contribution >= 0.6 is 0 Å². The first-order valence-corrected chi connectivity index (χ1v) is 9.54. The third-order valence-corrected chi connectivity index (χ3v) is 4.87. The Morgan fingerprint density at radius 3 is 2.39 bits per heavy atom. The normalized spacial score (nSPS) is 11.4. The number of hydrogen-bond donors (Lipinski definition) is 2. The number of esters is 1. The summed E-state index contributed by atoms with van der Waals surface area (Å²) in [5, 5.41) is 0. The molecule has 3 N–H and O–H groups in total. The molecule has 0 aliphatic carbocycles. The van der Waals surface area contributed by atoms with Gasteiger partial charge in [0, 0.05) is 5.56 Å². The number of carbonyl (C=O) groups is 2. The number of primary amides is 1. The van der Waals surface area contributed by atoms with Crippen LogP contribution in [-0.4, -0.2) is 29.0 Å². The number of aromatic nitrogens is 2. The molecule has 0 aliphatic heterocycles. The van der Waals surface area contributed by atoms with E-state index in [1.165, 1.54) is 31.4 Å². The maximum absolute atomic E-state index is 13.2. The Hall–Kier alpha value is -4.34. The van der Waals surface area contributed by atoms with Crippen molar-refractivity contribution < 1.29 is 32.2 Å². The highest BCUT2D eigenvalue weighted by atomic mass is 19.4. The minimum Gasteiger partial charge on any atom is -0.493 e. The summed E-state index contributed by atoms with van der Waals surface area (Å²) < 4.78 is 50.1. The molecule has 0 fully saturated rings. The van der Waals surface area contributed by atoms with Gasteiger partial charge in [-0.15, -0.1) is 0 Å². The fourth-order valence-electron chi connectivity index (χ4n) is 3.33. The summed E-state index contributed by atoms with van der Waals surface area (Å²) in [6.45, 7) is 0. The van der Waals surface area contributed by atoms with Crippen molar-refractivity contribution >= 4 is 22.9 Å². The van der Waals surface area contributed by atoms with E-state index in [-0.39, 0.29) is 17.1 Å². The first-order chi connectivity index (χ1) is 15.7. The van der Waals surface area contributed by atoms with Crippen molar-refractivity contribution in [2.75, 3.05) is 7.11 Å². The Bertz CT molecular complexity index is 1380. The van der Waals surface area contributed by atoms with Crippen molar-refractivity contribution in [3.8, 4) is 22.9 Å². The van der Waals surface area contributed by atoms with Gasteiger partial charge in [0.25, 0.3) is 5.91 Å². The molecule has 0 radical (unpaired) electrons. The van der Waals surface area contributed by atoms with Crippen LogP contribution in [0.3, 0.4) is 0 Å². The topological polar surface area (TPSA) is 107 Å². The molecular weight excluding hydrogens is 439 g/mol. The zero-order valence-corrected chi connectivity index (χ0v) is 17.1. The lowest BCUT2D eigenvalue weighted by Crippen LogP contribution is -2.17. The molecule has 1 aromatic heterocycles. The second kappa shape index (κ2) is 8.30. The van der Waals surface area contributed by atoms with Crippen LogP contribution in [0.4, 0.5) is 13.2 Å². The molecule has 0 aliphatic rings. The monoisotopic (exact) mass is 455 g/mol. The molecule has 10 heteroatoms. The molecule has 0 saturated heterocycles. The Labute approximate surface area is 185 Å².